The summed E-state index contributed by atoms with van der Waals surface area (Å²) in [4.78, 5) is 5.39. The first-order valence-corrected chi connectivity index (χ1v) is 23.0. The van der Waals surface area contributed by atoms with E-state index in [0.717, 1.165) is 19.3 Å². The van der Waals surface area contributed by atoms with Crippen LogP contribution in [0, 0.1) is 13.8 Å². The Morgan fingerprint density at radius 1 is 0.433 bits per heavy atom. The number of anilines is 6. The van der Waals surface area contributed by atoms with Crippen molar-refractivity contribution in [2.45, 2.75) is 175 Å². The minimum absolute atomic E-state index is 0.00777. The molecule has 0 amide bonds. The van der Waals surface area contributed by atoms with Gasteiger partial charge in [-0.1, -0.05) is 134 Å². The van der Waals surface area contributed by atoms with Crippen molar-refractivity contribution in [2.24, 2.45) is 0 Å². The highest BCUT2D eigenvalue weighted by Crippen LogP contribution is 2.56. The molecule has 0 atom stereocenters. The van der Waals surface area contributed by atoms with Crippen LogP contribution in [-0.4, -0.2) is 6.71 Å². The summed E-state index contributed by atoms with van der Waals surface area (Å²) in [6.45, 7) is 41.4. The van der Waals surface area contributed by atoms with E-state index < -0.39 is 0 Å². The number of fused-ring (bicyclic) bond motifs is 7. The molecule has 0 spiro atoms. The first-order chi connectivity index (χ1) is 27.6. The van der Waals surface area contributed by atoms with E-state index in [1.165, 1.54) is 101 Å². The van der Waals surface area contributed by atoms with E-state index >= 15 is 0 Å². The Morgan fingerprint density at radius 3 is 1.47 bits per heavy atom. The molecule has 60 heavy (non-hydrogen) atoms. The fourth-order valence-corrected chi connectivity index (χ4v) is 14.1. The standard InChI is InChI=1S/C57H69BN2/c1-33-22-48-50-49(23-33)60(45-28-41-38(24-34(45)2)53(8,9)31-56(41,14)15)47-29-42-40(55(12,13)32-57(42,16)17)27-44(47)58(50)43-21-18-35(51(3,4)5)25-46(43)59(48)36-19-20-37-39(26-36)54(10,11)30-52(37,6)7/h18-29H,30-32H2,1-17H3. The van der Waals surface area contributed by atoms with Crippen LogP contribution in [-0.2, 0) is 37.9 Å². The molecule has 2 aliphatic heterocycles. The largest absolute Gasteiger partial charge is 0.311 e. The Labute approximate surface area is 363 Å². The highest BCUT2D eigenvalue weighted by Gasteiger charge is 2.50. The predicted molar refractivity (Wildman–Crippen MR) is 261 cm³/mol. The zero-order valence-corrected chi connectivity index (χ0v) is 40.0. The number of benzene rings is 5. The summed E-state index contributed by atoms with van der Waals surface area (Å²) < 4.78 is 0. The van der Waals surface area contributed by atoms with Crippen molar-refractivity contribution < 1.29 is 0 Å². The highest BCUT2D eigenvalue weighted by atomic mass is 15.2. The molecule has 0 radical (unpaired) electrons. The van der Waals surface area contributed by atoms with Gasteiger partial charge in [0, 0.05) is 34.1 Å². The molecule has 310 valence electrons. The number of hydrogen-bond acceptors (Lipinski definition) is 2. The lowest BCUT2D eigenvalue weighted by atomic mass is 9.33. The van der Waals surface area contributed by atoms with Gasteiger partial charge in [-0.3, -0.25) is 0 Å². The van der Waals surface area contributed by atoms with Crippen LogP contribution in [0.3, 0.4) is 0 Å². The molecule has 0 bridgehead atoms. The minimum atomic E-state index is 0.00777. The molecule has 0 N–H and O–H groups in total. The van der Waals surface area contributed by atoms with Crippen molar-refractivity contribution in [3.05, 3.63) is 123 Å². The third kappa shape index (κ3) is 5.45. The second-order valence-electron chi connectivity index (χ2n) is 25.0. The van der Waals surface area contributed by atoms with Gasteiger partial charge >= 0.3 is 0 Å². The third-order valence-electron chi connectivity index (χ3n) is 16.1. The van der Waals surface area contributed by atoms with Gasteiger partial charge in [0.25, 0.3) is 6.71 Å². The quantitative estimate of drug-likeness (QED) is 0.161. The molecular formula is C57H69BN2. The molecule has 5 aliphatic rings. The van der Waals surface area contributed by atoms with Gasteiger partial charge in [-0.05, 0) is 180 Å². The first-order valence-electron chi connectivity index (χ1n) is 23.0. The Balaban J connectivity index is 1.32. The van der Waals surface area contributed by atoms with Crippen molar-refractivity contribution in [1.29, 1.82) is 0 Å². The van der Waals surface area contributed by atoms with Crippen LogP contribution in [0.25, 0.3) is 0 Å². The SMILES string of the molecule is Cc1cc2c3c(c1)N(c1cc4c(cc1C)C(C)(C)CC4(C)C)c1cc4c(cc1B3c1ccc(C(C)(C)C)cc1N2c1ccc2c(c1)C(C)(C)CC2(C)C)C(C)(C)CC4(C)C. The van der Waals surface area contributed by atoms with Crippen LogP contribution in [0.2, 0.25) is 0 Å². The van der Waals surface area contributed by atoms with Gasteiger partial charge in [0.2, 0.25) is 0 Å². The zero-order valence-electron chi connectivity index (χ0n) is 40.0. The molecule has 3 aliphatic carbocycles. The maximum absolute atomic E-state index is 2.72. The van der Waals surface area contributed by atoms with E-state index in [1.807, 2.05) is 0 Å². The summed E-state index contributed by atoms with van der Waals surface area (Å²) in [5.74, 6) is 0. The Kier molecular flexibility index (Phi) is 7.85. The number of aryl methyl sites for hydroxylation is 2. The van der Waals surface area contributed by atoms with Gasteiger partial charge in [-0.25, -0.2) is 0 Å². The van der Waals surface area contributed by atoms with E-state index in [9.17, 15) is 0 Å². The van der Waals surface area contributed by atoms with Crippen molar-refractivity contribution in [2.75, 3.05) is 9.80 Å². The molecule has 2 heterocycles. The molecule has 5 aromatic rings. The molecule has 0 aromatic heterocycles. The van der Waals surface area contributed by atoms with Crippen LogP contribution >= 0.6 is 0 Å². The van der Waals surface area contributed by atoms with Crippen molar-refractivity contribution in [1.82, 2.24) is 0 Å². The molecule has 3 heteroatoms. The van der Waals surface area contributed by atoms with Crippen LogP contribution < -0.4 is 26.2 Å². The maximum atomic E-state index is 2.72. The highest BCUT2D eigenvalue weighted by molar-refractivity contribution is 7.00. The predicted octanol–water partition coefficient (Wildman–Crippen LogP) is 13.6. The van der Waals surface area contributed by atoms with Crippen molar-refractivity contribution in [3.63, 3.8) is 0 Å². The summed E-state index contributed by atoms with van der Waals surface area (Å²) in [5, 5.41) is 0. The summed E-state index contributed by atoms with van der Waals surface area (Å²) in [5.41, 5.74) is 25.9. The average molecular weight is 793 g/mol. The van der Waals surface area contributed by atoms with E-state index in [0.29, 0.717) is 0 Å². The van der Waals surface area contributed by atoms with Gasteiger partial charge in [-0.15, -0.1) is 0 Å². The molecule has 5 aromatic carbocycles. The van der Waals surface area contributed by atoms with Gasteiger partial charge in [0.05, 0.1) is 0 Å². The number of rotatable bonds is 2. The molecule has 0 saturated carbocycles. The van der Waals surface area contributed by atoms with Crippen molar-refractivity contribution >= 4 is 57.2 Å². The Morgan fingerprint density at radius 2 is 0.900 bits per heavy atom. The van der Waals surface area contributed by atoms with Crippen molar-refractivity contribution in [3.8, 4) is 0 Å². The van der Waals surface area contributed by atoms with E-state index in [4.69, 9.17) is 0 Å². The van der Waals surface area contributed by atoms with E-state index in [1.54, 1.807) is 0 Å². The van der Waals surface area contributed by atoms with Crippen LogP contribution in [0.15, 0.2) is 72.8 Å². The monoisotopic (exact) mass is 793 g/mol. The summed E-state index contributed by atoms with van der Waals surface area (Å²) in [7, 11) is 0. The Bertz CT molecular complexity index is 2710. The van der Waals surface area contributed by atoms with Gasteiger partial charge in [0.15, 0.2) is 0 Å². The summed E-state index contributed by atoms with van der Waals surface area (Å²) in [6, 6.07) is 30.5. The lowest BCUT2D eigenvalue weighted by Crippen LogP contribution is -2.61. The van der Waals surface area contributed by atoms with Crippen LogP contribution in [0.4, 0.5) is 34.1 Å². The lowest BCUT2D eigenvalue weighted by Gasteiger charge is -2.46. The fraction of sp³-hybridized carbons (Fsp3) is 0.474. The minimum Gasteiger partial charge on any atom is -0.311 e. The average Bonchev–Trinajstić information content (AvgIpc) is 3.52. The van der Waals surface area contributed by atoms with Gasteiger partial charge < -0.3 is 9.80 Å². The zero-order chi connectivity index (χ0) is 43.2. The maximum Gasteiger partial charge on any atom is 0.252 e. The normalized spacial score (nSPS) is 21.2. The van der Waals surface area contributed by atoms with Crippen LogP contribution in [0.5, 0.6) is 0 Å². The number of nitrogens with zero attached hydrogens (tertiary/aromatic N) is 2. The molecule has 10 rings (SSSR count). The molecule has 0 saturated heterocycles. The molecular weight excluding hydrogens is 723 g/mol. The smallest absolute Gasteiger partial charge is 0.252 e. The van der Waals surface area contributed by atoms with Crippen LogP contribution in [0.1, 0.15) is 173 Å². The summed E-state index contributed by atoms with van der Waals surface area (Å²) in [6.07, 6.45) is 3.46. The third-order valence-corrected chi connectivity index (χ3v) is 16.1. The Hall–Kier alpha value is -4.24. The first kappa shape index (κ1) is 39.9. The second kappa shape index (κ2) is 11.8. The lowest BCUT2D eigenvalue weighted by molar-refractivity contribution is 0.402. The number of hydrogen-bond donors (Lipinski definition) is 0. The summed E-state index contributed by atoms with van der Waals surface area (Å²) >= 11 is 0. The molecule has 0 unspecified atom stereocenters. The van der Waals surface area contributed by atoms with E-state index in [-0.39, 0.29) is 44.6 Å². The fourth-order valence-electron chi connectivity index (χ4n) is 14.1. The van der Waals surface area contributed by atoms with Gasteiger partial charge in [0.1, 0.15) is 0 Å². The van der Waals surface area contributed by atoms with Gasteiger partial charge in [-0.2, -0.15) is 0 Å². The topological polar surface area (TPSA) is 6.48 Å². The molecule has 2 nitrogen and oxygen atoms in total. The van der Waals surface area contributed by atoms with E-state index in [2.05, 4.69) is 200 Å². The second-order valence-corrected chi connectivity index (χ2v) is 25.0. The molecule has 0 fully saturated rings.